The first-order valence-corrected chi connectivity index (χ1v) is 5.09. The Labute approximate surface area is 88.2 Å². The molecule has 1 aliphatic carbocycles. The maximum atomic E-state index is 12.1. The molecular weight excluding hydrogens is 190 g/mol. The Morgan fingerprint density at radius 1 is 1.53 bits per heavy atom. The zero-order valence-corrected chi connectivity index (χ0v) is 9.00. The number of nitrogens with zero attached hydrogens (tertiary/aromatic N) is 1. The third-order valence-corrected chi connectivity index (χ3v) is 2.81. The van der Waals surface area contributed by atoms with Crippen LogP contribution < -0.4 is 11.3 Å². The molecule has 0 unspecified atom stereocenters. The van der Waals surface area contributed by atoms with Crippen LogP contribution in [-0.4, -0.2) is 10.4 Å². The Balaban J connectivity index is 2.71. The van der Waals surface area contributed by atoms with E-state index in [1.165, 1.54) is 0 Å². The minimum Gasteiger partial charge on any atom is -0.384 e. The second kappa shape index (κ2) is 3.22. The Morgan fingerprint density at radius 3 is 2.60 bits per heavy atom. The van der Waals surface area contributed by atoms with Crippen LogP contribution in [0, 0.1) is 19.3 Å². The van der Waals surface area contributed by atoms with E-state index < -0.39 is 0 Å². The number of nitrogens with two attached hydrogens (primary N) is 1. The molecule has 0 spiro atoms. The van der Waals surface area contributed by atoms with Gasteiger partial charge in [0.15, 0.2) is 0 Å². The largest absolute Gasteiger partial charge is 0.384 e. The van der Waals surface area contributed by atoms with Gasteiger partial charge in [-0.2, -0.15) is 0 Å². The summed E-state index contributed by atoms with van der Waals surface area (Å²) in [6.07, 6.45) is 2.11. The Kier molecular flexibility index (Phi) is 2.14. The molecule has 4 heteroatoms. The van der Waals surface area contributed by atoms with E-state index in [-0.39, 0.29) is 11.4 Å². The first kappa shape index (κ1) is 9.96. The average molecular weight is 205 g/mol. The maximum absolute atomic E-state index is 12.1. The first-order chi connectivity index (χ1) is 7.02. The molecule has 1 saturated carbocycles. The number of nitrogen functional groups attached to an aromatic ring is 1. The third kappa shape index (κ3) is 1.56. The summed E-state index contributed by atoms with van der Waals surface area (Å²) in [6.45, 7) is 3.75. The van der Waals surface area contributed by atoms with E-state index in [4.69, 9.17) is 11.1 Å². The van der Waals surface area contributed by atoms with Crippen LogP contribution in [0.3, 0.4) is 0 Å². The van der Waals surface area contributed by atoms with Crippen molar-refractivity contribution in [3.63, 3.8) is 0 Å². The molecule has 15 heavy (non-hydrogen) atoms. The summed E-state index contributed by atoms with van der Waals surface area (Å²) < 4.78 is 1.77. The van der Waals surface area contributed by atoms with Crippen LogP contribution in [0.4, 0.5) is 0 Å². The lowest BCUT2D eigenvalue weighted by Crippen LogP contribution is -2.31. The molecule has 1 fully saturated rings. The summed E-state index contributed by atoms with van der Waals surface area (Å²) in [5, 5.41) is 7.41. The second-order valence-electron chi connectivity index (χ2n) is 4.16. The van der Waals surface area contributed by atoms with Crippen LogP contribution >= 0.6 is 0 Å². The summed E-state index contributed by atoms with van der Waals surface area (Å²) in [7, 11) is 0. The summed E-state index contributed by atoms with van der Waals surface area (Å²) in [5.74, 6) is -0.132. The SMILES string of the molecule is Cc1cc(C)n(C2CC2)c(=O)c1C(=N)N. The Morgan fingerprint density at radius 2 is 2.13 bits per heavy atom. The van der Waals surface area contributed by atoms with Gasteiger partial charge in [-0.05, 0) is 38.3 Å². The fraction of sp³-hybridized carbons (Fsp3) is 0.455. The normalized spacial score (nSPS) is 15.3. The van der Waals surface area contributed by atoms with Gasteiger partial charge in [0, 0.05) is 11.7 Å². The highest BCUT2D eigenvalue weighted by atomic mass is 16.1. The van der Waals surface area contributed by atoms with Gasteiger partial charge >= 0.3 is 0 Å². The van der Waals surface area contributed by atoms with Crippen LogP contribution in [0.25, 0.3) is 0 Å². The van der Waals surface area contributed by atoms with Crippen molar-refractivity contribution >= 4 is 5.84 Å². The molecule has 2 rings (SSSR count). The standard InChI is InChI=1S/C11H15N3O/c1-6-5-7(2)14(8-3-4-8)11(15)9(6)10(12)13/h5,8H,3-4H2,1-2H3,(H3,12,13). The lowest BCUT2D eigenvalue weighted by atomic mass is 10.1. The Hall–Kier alpha value is -1.58. The van der Waals surface area contributed by atoms with Gasteiger partial charge in [-0.15, -0.1) is 0 Å². The van der Waals surface area contributed by atoms with Crippen molar-refractivity contribution in [1.29, 1.82) is 5.41 Å². The van der Waals surface area contributed by atoms with E-state index in [0.29, 0.717) is 11.6 Å². The first-order valence-electron chi connectivity index (χ1n) is 5.09. The molecular formula is C11H15N3O. The van der Waals surface area contributed by atoms with Gasteiger partial charge in [-0.25, -0.2) is 0 Å². The zero-order valence-electron chi connectivity index (χ0n) is 9.00. The monoisotopic (exact) mass is 205 g/mol. The molecule has 0 aromatic carbocycles. The summed E-state index contributed by atoms with van der Waals surface area (Å²) in [4.78, 5) is 12.1. The van der Waals surface area contributed by atoms with E-state index in [2.05, 4.69) is 0 Å². The highest BCUT2D eigenvalue weighted by Crippen LogP contribution is 2.34. The third-order valence-electron chi connectivity index (χ3n) is 2.81. The molecule has 0 aliphatic heterocycles. The molecule has 80 valence electrons. The van der Waals surface area contributed by atoms with Crippen LogP contribution in [0.15, 0.2) is 10.9 Å². The topological polar surface area (TPSA) is 71.9 Å². The molecule has 0 radical (unpaired) electrons. The van der Waals surface area contributed by atoms with Crippen molar-refractivity contribution < 1.29 is 0 Å². The van der Waals surface area contributed by atoms with Crippen LogP contribution in [0.5, 0.6) is 0 Å². The van der Waals surface area contributed by atoms with Gasteiger partial charge in [0.25, 0.3) is 5.56 Å². The van der Waals surface area contributed by atoms with Gasteiger partial charge in [-0.1, -0.05) is 0 Å². The predicted octanol–water partition coefficient (Wildman–Crippen LogP) is 1.08. The molecule has 0 bridgehead atoms. The van der Waals surface area contributed by atoms with Crippen LogP contribution in [0.1, 0.15) is 35.7 Å². The number of amidine groups is 1. The number of pyridine rings is 1. The fourth-order valence-corrected chi connectivity index (χ4v) is 2.02. The number of aromatic nitrogens is 1. The van der Waals surface area contributed by atoms with Crippen LogP contribution in [0.2, 0.25) is 0 Å². The summed E-state index contributed by atoms with van der Waals surface area (Å²) in [6, 6.07) is 2.26. The molecule has 0 saturated heterocycles. The number of rotatable bonds is 2. The molecule has 1 aliphatic rings. The van der Waals surface area contributed by atoms with Gasteiger partial charge in [0.2, 0.25) is 0 Å². The minimum absolute atomic E-state index is 0.109. The number of hydrogen-bond acceptors (Lipinski definition) is 2. The summed E-state index contributed by atoms with van der Waals surface area (Å²) in [5.41, 5.74) is 7.43. The predicted molar refractivity (Wildman–Crippen MR) is 59.5 cm³/mol. The van der Waals surface area contributed by atoms with E-state index in [1.807, 2.05) is 19.9 Å². The molecule has 4 nitrogen and oxygen atoms in total. The van der Waals surface area contributed by atoms with E-state index in [9.17, 15) is 4.79 Å². The molecule has 3 N–H and O–H groups in total. The van der Waals surface area contributed by atoms with E-state index in [1.54, 1.807) is 4.57 Å². The highest BCUT2D eigenvalue weighted by Gasteiger charge is 2.27. The van der Waals surface area contributed by atoms with Crippen molar-refractivity contribution in [3.05, 3.63) is 33.2 Å². The quantitative estimate of drug-likeness (QED) is 0.560. The maximum Gasteiger partial charge on any atom is 0.262 e. The van der Waals surface area contributed by atoms with Crippen molar-refractivity contribution in [2.75, 3.05) is 0 Å². The smallest absolute Gasteiger partial charge is 0.262 e. The van der Waals surface area contributed by atoms with Gasteiger partial charge < -0.3 is 10.3 Å². The molecule has 1 aromatic rings. The van der Waals surface area contributed by atoms with Crippen molar-refractivity contribution in [1.82, 2.24) is 4.57 Å². The summed E-state index contributed by atoms with van der Waals surface area (Å²) >= 11 is 0. The molecule has 0 amide bonds. The molecule has 1 aromatic heterocycles. The highest BCUT2D eigenvalue weighted by molar-refractivity contribution is 5.95. The van der Waals surface area contributed by atoms with Gasteiger partial charge in [0.1, 0.15) is 5.84 Å². The van der Waals surface area contributed by atoms with Gasteiger partial charge in [0.05, 0.1) is 5.56 Å². The fourth-order valence-electron chi connectivity index (χ4n) is 2.02. The molecule has 0 atom stereocenters. The second-order valence-corrected chi connectivity index (χ2v) is 4.16. The number of nitrogens with one attached hydrogen (secondary N) is 1. The lowest BCUT2D eigenvalue weighted by molar-refractivity contribution is 0.678. The van der Waals surface area contributed by atoms with Gasteiger partial charge in [-0.3, -0.25) is 10.2 Å². The zero-order chi connectivity index (χ0) is 11.2. The Bertz CT molecular complexity index is 483. The van der Waals surface area contributed by atoms with E-state index >= 15 is 0 Å². The number of aryl methyl sites for hydroxylation is 2. The number of hydrogen-bond donors (Lipinski definition) is 2. The van der Waals surface area contributed by atoms with Crippen molar-refractivity contribution in [2.45, 2.75) is 32.7 Å². The minimum atomic E-state index is -0.132. The van der Waals surface area contributed by atoms with Crippen LogP contribution in [-0.2, 0) is 0 Å². The van der Waals surface area contributed by atoms with Crippen molar-refractivity contribution in [2.24, 2.45) is 5.73 Å². The van der Waals surface area contributed by atoms with E-state index in [0.717, 1.165) is 24.1 Å². The average Bonchev–Trinajstić information content (AvgIpc) is 2.85. The van der Waals surface area contributed by atoms with Crippen molar-refractivity contribution in [3.8, 4) is 0 Å². The lowest BCUT2D eigenvalue weighted by Gasteiger charge is -2.12. The molecule has 1 heterocycles.